The SMILES string of the molecule is Cc1cc(NC(=O)COc2ccc(C(C)C)c(C)c2)n(C(C)(C)C)n1. The van der Waals surface area contributed by atoms with Crippen molar-refractivity contribution < 1.29 is 9.53 Å². The van der Waals surface area contributed by atoms with E-state index in [9.17, 15) is 4.79 Å². The number of ether oxygens (including phenoxy) is 1. The highest BCUT2D eigenvalue weighted by Gasteiger charge is 2.20. The van der Waals surface area contributed by atoms with E-state index in [1.165, 1.54) is 11.1 Å². The molecule has 0 saturated carbocycles. The molecule has 2 aromatic rings. The van der Waals surface area contributed by atoms with Crippen molar-refractivity contribution >= 4 is 11.7 Å². The maximum Gasteiger partial charge on any atom is 0.263 e. The lowest BCUT2D eigenvalue weighted by atomic mass is 9.98. The molecular weight excluding hydrogens is 314 g/mol. The molecular formula is C20H29N3O2. The van der Waals surface area contributed by atoms with Gasteiger partial charge in [-0.1, -0.05) is 19.9 Å². The van der Waals surface area contributed by atoms with E-state index in [0.717, 1.165) is 5.69 Å². The minimum absolute atomic E-state index is 0.0329. The van der Waals surface area contributed by atoms with E-state index in [2.05, 4.69) is 37.3 Å². The maximum absolute atomic E-state index is 12.3. The lowest BCUT2D eigenvalue weighted by molar-refractivity contribution is -0.118. The first-order chi connectivity index (χ1) is 11.6. The number of rotatable bonds is 5. The number of aromatic nitrogens is 2. The fourth-order valence-electron chi connectivity index (χ4n) is 2.81. The summed E-state index contributed by atoms with van der Waals surface area (Å²) >= 11 is 0. The van der Waals surface area contributed by atoms with E-state index in [-0.39, 0.29) is 18.1 Å². The van der Waals surface area contributed by atoms with Crippen LogP contribution in [0, 0.1) is 13.8 Å². The number of carbonyl (C=O) groups is 1. The molecule has 1 aromatic carbocycles. The highest BCUT2D eigenvalue weighted by Crippen LogP contribution is 2.24. The Labute approximate surface area is 150 Å². The van der Waals surface area contributed by atoms with Crippen molar-refractivity contribution in [2.24, 2.45) is 0 Å². The van der Waals surface area contributed by atoms with Crippen LogP contribution >= 0.6 is 0 Å². The zero-order valence-electron chi connectivity index (χ0n) is 16.3. The predicted molar refractivity (Wildman–Crippen MR) is 101 cm³/mol. The molecule has 136 valence electrons. The molecule has 25 heavy (non-hydrogen) atoms. The maximum atomic E-state index is 12.3. The molecule has 0 saturated heterocycles. The van der Waals surface area contributed by atoms with Gasteiger partial charge in [-0.2, -0.15) is 5.10 Å². The van der Waals surface area contributed by atoms with E-state index in [4.69, 9.17) is 4.74 Å². The van der Waals surface area contributed by atoms with Crippen LogP contribution in [0.3, 0.4) is 0 Å². The first-order valence-electron chi connectivity index (χ1n) is 8.68. The number of nitrogens with zero attached hydrogens (tertiary/aromatic N) is 2. The minimum Gasteiger partial charge on any atom is -0.484 e. The van der Waals surface area contributed by atoms with Crippen LogP contribution in [0.1, 0.15) is 57.4 Å². The van der Waals surface area contributed by atoms with E-state index >= 15 is 0 Å². The highest BCUT2D eigenvalue weighted by molar-refractivity contribution is 5.91. The smallest absolute Gasteiger partial charge is 0.263 e. The van der Waals surface area contributed by atoms with Gasteiger partial charge in [-0.05, 0) is 63.8 Å². The number of benzene rings is 1. The summed E-state index contributed by atoms with van der Waals surface area (Å²) in [5.74, 6) is 1.66. The van der Waals surface area contributed by atoms with Gasteiger partial charge in [0.1, 0.15) is 11.6 Å². The van der Waals surface area contributed by atoms with Gasteiger partial charge in [-0.15, -0.1) is 0 Å². The van der Waals surface area contributed by atoms with Gasteiger partial charge in [0.2, 0.25) is 0 Å². The number of aryl methyl sites for hydroxylation is 2. The summed E-state index contributed by atoms with van der Waals surface area (Å²) in [6, 6.07) is 7.82. The standard InChI is InChI=1S/C20H29N3O2/c1-13(2)17-9-8-16(10-14(17)3)25-12-19(24)21-18-11-15(4)22-23(18)20(5,6)7/h8-11,13H,12H2,1-7H3,(H,21,24). The van der Waals surface area contributed by atoms with Crippen molar-refractivity contribution in [1.29, 1.82) is 0 Å². The Morgan fingerprint density at radius 1 is 1.24 bits per heavy atom. The van der Waals surface area contributed by atoms with Gasteiger partial charge in [0.15, 0.2) is 6.61 Å². The van der Waals surface area contributed by atoms with Crippen molar-refractivity contribution in [3.05, 3.63) is 41.1 Å². The zero-order chi connectivity index (χ0) is 18.8. The molecule has 5 heteroatoms. The van der Waals surface area contributed by atoms with Crippen LogP contribution in [0.5, 0.6) is 5.75 Å². The van der Waals surface area contributed by atoms with Gasteiger partial charge in [0.05, 0.1) is 11.2 Å². The summed E-state index contributed by atoms with van der Waals surface area (Å²) in [5, 5.41) is 7.34. The quantitative estimate of drug-likeness (QED) is 0.875. The second-order valence-electron chi connectivity index (χ2n) is 7.76. The Hall–Kier alpha value is -2.30. The topological polar surface area (TPSA) is 56.1 Å². The second kappa shape index (κ2) is 7.30. The molecule has 0 aliphatic carbocycles. The zero-order valence-corrected chi connectivity index (χ0v) is 16.3. The normalized spacial score (nSPS) is 11.7. The third kappa shape index (κ3) is 4.84. The average molecular weight is 343 g/mol. The number of carbonyl (C=O) groups excluding carboxylic acids is 1. The van der Waals surface area contributed by atoms with Gasteiger partial charge in [-0.25, -0.2) is 4.68 Å². The fourth-order valence-corrected chi connectivity index (χ4v) is 2.81. The summed E-state index contributed by atoms with van der Waals surface area (Å²) in [7, 11) is 0. The van der Waals surface area contributed by atoms with E-state index in [1.54, 1.807) is 0 Å². The summed E-state index contributed by atoms with van der Waals surface area (Å²) in [5.41, 5.74) is 3.13. The van der Waals surface area contributed by atoms with Crippen molar-refractivity contribution in [1.82, 2.24) is 9.78 Å². The molecule has 0 aliphatic rings. The van der Waals surface area contributed by atoms with Crippen LogP contribution in [-0.4, -0.2) is 22.3 Å². The van der Waals surface area contributed by atoms with Crippen LogP contribution in [0.2, 0.25) is 0 Å². The van der Waals surface area contributed by atoms with E-state index in [1.807, 2.05) is 50.6 Å². The molecule has 0 bridgehead atoms. The monoisotopic (exact) mass is 343 g/mol. The Bertz CT molecular complexity index is 755. The molecule has 0 aliphatic heterocycles. The molecule has 0 spiro atoms. The number of nitrogens with one attached hydrogen (secondary N) is 1. The summed E-state index contributed by atoms with van der Waals surface area (Å²) in [6.07, 6.45) is 0. The van der Waals surface area contributed by atoms with Crippen molar-refractivity contribution in [2.45, 2.75) is 59.9 Å². The molecule has 1 amide bonds. The number of anilines is 1. The van der Waals surface area contributed by atoms with Crippen LogP contribution in [0.15, 0.2) is 24.3 Å². The first-order valence-corrected chi connectivity index (χ1v) is 8.68. The Balaban J connectivity index is 2.01. The van der Waals surface area contributed by atoms with Gasteiger partial charge in [-0.3, -0.25) is 4.79 Å². The van der Waals surface area contributed by atoms with E-state index < -0.39 is 0 Å². The lowest BCUT2D eigenvalue weighted by Crippen LogP contribution is -2.28. The van der Waals surface area contributed by atoms with Gasteiger partial charge in [0, 0.05) is 6.07 Å². The lowest BCUT2D eigenvalue weighted by Gasteiger charge is -2.22. The van der Waals surface area contributed by atoms with Crippen molar-refractivity contribution in [2.75, 3.05) is 11.9 Å². The van der Waals surface area contributed by atoms with Crippen LogP contribution < -0.4 is 10.1 Å². The predicted octanol–water partition coefficient (Wildman–Crippen LogP) is 4.40. The first kappa shape index (κ1) is 19.0. The molecule has 0 fully saturated rings. The van der Waals surface area contributed by atoms with Crippen LogP contribution in [0.4, 0.5) is 5.82 Å². The Morgan fingerprint density at radius 3 is 2.48 bits per heavy atom. The number of hydrogen-bond acceptors (Lipinski definition) is 3. The molecule has 0 unspecified atom stereocenters. The largest absolute Gasteiger partial charge is 0.484 e. The Morgan fingerprint density at radius 2 is 1.92 bits per heavy atom. The molecule has 5 nitrogen and oxygen atoms in total. The molecule has 0 atom stereocenters. The van der Waals surface area contributed by atoms with Crippen molar-refractivity contribution in [3.63, 3.8) is 0 Å². The minimum atomic E-state index is -0.207. The molecule has 1 heterocycles. The molecule has 0 radical (unpaired) electrons. The second-order valence-corrected chi connectivity index (χ2v) is 7.76. The van der Waals surface area contributed by atoms with E-state index in [0.29, 0.717) is 17.5 Å². The van der Waals surface area contributed by atoms with Gasteiger partial charge < -0.3 is 10.1 Å². The number of hydrogen-bond donors (Lipinski definition) is 1. The van der Waals surface area contributed by atoms with Gasteiger partial charge in [0.25, 0.3) is 5.91 Å². The fraction of sp³-hybridized carbons (Fsp3) is 0.500. The van der Waals surface area contributed by atoms with Gasteiger partial charge >= 0.3 is 0 Å². The van der Waals surface area contributed by atoms with Crippen LogP contribution in [0.25, 0.3) is 0 Å². The number of amides is 1. The third-order valence-electron chi connectivity index (χ3n) is 3.97. The van der Waals surface area contributed by atoms with Crippen molar-refractivity contribution in [3.8, 4) is 5.75 Å². The third-order valence-corrected chi connectivity index (χ3v) is 3.97. The summed E-state index contributed by atoms with van der Waals surface area (Å²) < 4.78 is 7.47. The average Bonchev–Trinajstić information content (AvgIpc) is 2.85. The summed E-state index contributed by atoms with van der Waals surface area (Å²) in [6.45, 7) is 14.4. The Kier molecular flexibility index (Phi) is 5.55. The highest BCUT2D eigenvalue weighted by atomic mass is 16.5. The molecule has 1 N–H and O–H groups in total. The molecule has 2 rings (SSSR count). The van der Waals surface area contributed by atoms with Crippen LogP contribution in [-0.2, 0) is 10.3 Å². The summed E-state index contributed by atoms with van der Waals surface area (Å²) in [4.78, 5) is 12.3. The molecule has 1 aromatic heterocycles.